The molecule has 8 heavy (non-hydrogen) atoms. The molecule has 1 fully saturated rings. The molecule has 1 rings (SSSR count). The molecule has 0 spiro atoms. The largest absolute Gasteiger partial charge is 0.385 e. The molecule has 2 heteroatoms. The van der Waals surface area contributed by atoms with Gasteiger partial charge in [0, 0.05) is 13.7 Å². The lowest BCUT2D eigenvalue weighted by molar-refractivity contribution is 0.215. The third kappa shape index (κ3) is 9.33. The van der Waals surface area contributed by atoms with Gasteiger partial charge in [-0.1, -0.05) is 0 Å². The third-order valence-corrected chi connectivity index (χ3v) is 0.789. The van der Waals surface area contributed by atoms with Gasteiger partial charge in [0.2, 0.25) is 0 Å². The highest BCUT2D eigenvalue weighted by Crippen LogP contribution is 2.04. The molecule has 1 saturated heterocycles. The fourth-order valence-electron chi connectivity index (χ4n) is 0.0962. The van der Waals surface area contributed by atoms with Gasteiger partial charge in [-0.25, -0.2) is 0 Å². The van der Waals surface area contributed by atoms with Crippen LogP contribution in [0, 0.1) is 0 Å². The van der Waals surface area contributed by atoms with Gasteiger partial charge >= 0.3 is 0 Å². The van der Waals surface area contributed by atoms with E-state index in [1.807, 2.05) is 6.92 Å². The second-order valence-corrected chi connectivity index (χ2v) is 1.72. The summed E-state index contributed by atoms with van der Waals surface area (Å²) in [4.78, 5) is 0. The van der Waals surface area contributed by atoms with Gasteiger partial charge in [-0.15, -0.1) is 0 Å². The van der Waals surface area contributed by atoms with Crippen LogP contribution in [-0.4, -0.2) is 26.4 Å². The van der Waals surface area contributed by atoms with E-state index < -0.39 is 0 Å². The quantitative estimate of drug-likeness (QED) is 0.480. The van der Waals surface area contributed by atoms with Crippen molar-refractivity contribution in [3.63, 3.8) is 0 Å². The number of ether oxygens (including phenoxy) is 2. The van der Waals surface area contributed by atoms with Crippen LogP contribution in [0.1, 0.15) is 13.8 Å². The first-order valence-corrected chi connectivity index (χ1v) is 2.91. The molecule has 2 nitrogen and oxygen atoms in total. The molecule has 0 aromatic carbocycles. The summed E-state index contributed by atoms with van der Waals surface area (Å²) in [5, 5.41) is 0. The van der Waals surface area contributed by atoms with E-state index in [1.54, 1.807) is 7.11 Å². The molecule has 50 valence electrons. The van der Waals surface area contributed by atoms with Gasteiger partial charge in [-0.05, 0) is 13.8 Å². The molecule has 1 atom stereocenters. The van der Waals surface area contributed by atoms with Gasteiger partial charge in [0.15, 0.2) is 0 Å². The Kier molecular flexibility index (Phi) is 5.01. The minimum atomic E-state index is 0.583. The summed E-state index contributed by atoms with van der Waals surface area (Å²) in [6, 6.07) is 0. The van der Waals surface area contributed by atoms with Crippen molar-refractivity contribution in [2.45, 2.75) is 20.0 Å². The molecule has 0 N–H and O–H groups in total. The monoisotopic (exact) mass is 118 g/mol. The maximum atomic E-state index is 4.71. The zero-order valence-corrected chi connectivity index (χ0v) is 5.81. The molecule has 0 aliphatic carbocycles. The van der Waals surface area contributed by atoms with Crippen LogP contribution in [0.15, 0.2) is 0 Å². The Balaban J connectivity index is 0.000000122. The van der Waals surface area contributed by atoms with Crippen molar-refractivity contribution in [3.05, 3.63) is 0 Å². The molecule has 0 aromatic heterocycles. The van der Waals surface area contributed by atoms with Crippen molar-refractivity contribution >= 4 is 0 Å². The lowest BCUT2D eigenvalue weighted by Gasteiger charge is -1.76. The molecular weight excluding hydrogens is 104 g/mol. The van der Waals surface area contributed by atoms with Crippen molar-refractivity contribution in [2.75, 3.05) is 20.3 Å². The Morgan fingerprint density at radius 2 is 2.00 bits per heavy atom. The number of hydrogen-bond donors (Lipinski definition) is 0. The Bertz CT molecular complexity index is 39.8. The second-order valence-electron chi connectivity index (χ2n) is 1.72. The van der Waals surface area contributed by atoms with E-state index >= 15 is 0 Å². The molecule has 1 heterocycles. The van der Waals surface area contributed by atoms with Crippen LogP contribution in [0.2, 0.25) is 0 Å². The summed E-state index contributed by atoms with van der Waals surface area (Å²) in [7, 11) is 1.68. The van der Waals surface area contributed by atoms with Crippen molar-refractivity contribution in [1.82, 2.24) is 0 Å². The summed E-state index contributed by atoms with van der Waals surface area (Å²) in [5.74, 6) is 0. The second kappa shape index (κ2) is 5.06. The Morgan fingerprint density at radius 3 is 2.00 bits per heavy atom. The van der Waals surface area contributed by atoms with Gasteiger partial charge in [0.1, 0.15) is 0 Å². The highest BCUT2D eigenvalue weighted by Gasteiger charge is 2.13. The summed E-state index contributed by atoms with van der Waals surface area (Å²) < 4.78 is 9.25. The van der Waals surface area contributed by atoms with Crippen molar-refractivity contribution in [1.29, 1.82) is 0 Å². The van der Waals surface area contributed by atoms with Crippen LogP contribution >= 0.6 is 0 Å². The molecule has 0 radical (unpaired) electrons. The topological polar surface area (TPSA) is 21.8 Å². The van der Waals surface area contributed by atoms with Gasteiger partial charge in [-0.2, -0.15) is 0 Å². The molecule has 1 unspecified atom stereocenters. The van der Waals surface area contributed by atoms with Crippen molar-refractivity contribution in [3.8, 4) is 0 Å². The lowest BCUT2D eigenvalue weighted by atomic mass is 10.6. The van der Waals surface area contributed by atoms with Crippen molar-refractivity contribution < 1.29 is 9.47 Å². The third-order valence-electron chi connectivity index (χ3n) is 0.789. The summed E-state index contributed by atoms with van der Waals surface area (Å²) in [5.41, 5.74) is 0. The average molecular weight is 118 g/mol. The van der Waals surface area contributed by atoms with E-state index in [0.29, 0.717) is 6.10 Å². The molecule has 0 saturated carbocycles. The minimum Gasteiger partial charge on any atom is -0.385 e. The van der Waals surface area contributed by atoms with Crippen LogP contribution in [0.3, 0.4) is 0 Å². The molecule has 0 aromatic rings. The zero-order valence-electron chi connectivity index (χ0n) is 5.81. The SMILES string of the molecule is CC1CO1.CCOC. The Labute approximate surface area is 50.8 Å². The first kappa shape index (κ1) is 7.92. The maximum absolute atomic E-state index is 4.71. The lowest BCUT2D eigenvalue weighted by Crippen LogP contribution is -1.73. The number of epoxide rings is 1. The van der Waals surface area contributed by atoms with E-state index in [2.05, 4.69) is 11.7 Å². The fraction of sp³-hybridized carbons (Fsp3) is 1.00. The molecule has 0 amide bonds. The van der Waals surface area contributed by atoms with Crippen LogP contribution < -0.4 is 0 Å². The molecular formula is C6H14O2. The molecule has 1 aliphatic rings. The van der Waals surface area contributed by atoms with Gasteiger partial charge in [0.05, 0.1) is 12.7 Å². The van der Waals surface area contributed by atoms with E-state index in [-0.39, 0.29) is 0 Å². The number of hydrogen-bond acceptors (Lipinski definition) is 2. The Morgan fingerprint density at radius 1 is 1.75 bits per heavy atom. The summed E-state index contributed by atoms with van der Waals surface area (Å²) >= 11 is 0. The normalized spacial score (nSPS) is 23.6. The predicted octanol–water partition coefficient (Wildman–Crippen LogP) is 1.06. The first-order valence-electron chi connectivity index (χ1n) is 2.91. The number of rotatable bonds is 1. The van der Waals surface area contributed by atoms with Crippen LogP contribution in [0.5, 0.6) is 0 Å². The highest BCUT2D eigenvalue weighted by atomic mass is 16.6. The van der Waals surface area contributed by atoms with Crippen molar-refractivity contribution in [2.24, 2.45) is 0 Å². The molecule has 0 bridgehead atoms. The van der Waals surface area contributed by atoms with Crippen LogP contribution in [0.25, 0.3) is 0 Å². The van der Waals surface area contributed by atoms with Gasteiger partial charge in [0.25, 0.3) is 0 Å². The minimum absolute atomic E-state index is 0.583. The highest BCUT2D eigenvalue weighted by molar-refractivity contribution is 4.58. The average Bonchev–Trinajstić information content (AvgIpc) is 2.52. The summed E-state index contributed by atoms with van der Waals surface area (Å²) in [6.45, 7) is 5.82. The van der Waals surface area contributed by atoms with E-state index in [9.17, 15) is 0 Å². The predicted molar refractivity (Wildman–Crippen MR) is 33.0 cm³/mol. The smallest absolute Gasteiger partial charge is 0.0781 e. The fourth-order valence-corrected chi connectivity index (χ4v) is 0.0962. The van der Waals surface area contributed by atoms with Gasteiger partial charge in [-0.3, -0.25) is 0 Å². The van der Waals surface area contributed by atoms with E-state index in [1.165, 1.54) is 0 Å². The first-order chi connectivity index (χ1) is 3.81. The maximum Gasteiger partial charge on any atom is 0.0781 e. The van der Waals surface area contributed by atoms with Gasteiger partial charge < -0.3 is 9.47 Å². The van der Waals surface area contributed by atoms with E-state index in [4.69, 9.17) is 4.74 Å². The van der Waals surface area contributed by atoms with E-state index in [0.717, 1.165) is 13.2 Å². The van der Waals surface area contributed by atoms with Crippen LogP contribution in [-0.2, 0) is 9.47 Å². The van der Waals surface area contributed by atoms with Crippen LogP contribution in [0.4, 0.5) is 0 Å². The zero-order chi connectivity index (χ0) is 6.41. The molecule has 1 aliphatic heterocycles. The Hall–Kier alpha value is -0.0800. The summed E-state index contributed by atoms with van der Waals surface area (Å²) in [6.07, 6.45) is 0.583. The standard InChI is InChI=1S/C3H6O.C3H8O/c1-3-2-4-3;1-3-4-2/h3H,2H2,1H3;3H2,1-2H3. The number of methoxy groups -OCH3 is 1.